The van der Waals surface area contributed by atoms with E-state index in [1.54, 1.807) is 42.3 Å². The van der Waals surface area contributed by atoms with Crippen LogP contribution in [-0.2, 0) is 9.59 Å². The molecule has 1 amide bonds. The number of amides is 1. The first kappa shape index (κ1) is 20.1. The van der Waals surface area contributed by atoms with Crippen LogP contribution >= 0.6 is 23.1 Å². The lowest BCUT2D eigenvalue weighted by Crippen LogP contribution is -2.28. The zero-order valence-electron chi connectivity index (χ0n) is 15.4. The number of carbonyl (C=O) groups excluding carboxylic acids is 1. The number of carboxylic acids is 1. The Morgan fingerprint density at radius 3 is 2.89 bits per heavy atom. The summed E-state index contributed by atoms with van der Waals surface area (Å²) >= 11 is 2.70. The zero-order chi connectivity index (χ0) is 20.1. The molecule has 0 bridgehead atoms. The maximum Gasteiger partial charge on any atom is 0.344 e. The number of thiazole rings is 1. The second-order valence-electron chi connectivity index (χ2n) is 5.79. The number of benzene rings is 1. The number of likely N-dealkylation sites (N-methyl/N-ethyl adjacent to an activating group) is 1. The van der Waals surface area contributed by atoms with E-state index in [0.29, 0.717) is 33.9 Å². The van der Waals surface area contributed by atoms with Gasteiger partial charge in [-0.2, -0.15) is 4.99 Å². The molecule has 1 N–H and O–H groups in total. The number of carbonyl (C=O) groups is 2. The highest BCUT2D eigenvalue weighted by molar-refractivity contribution is 8.18. The number of aliphatic imine (C=N–C) groups is 1. The molecule has 1 aliphatic heterocycles. The molecule has 1 atom stereocenters. The average Bonchev–Trinajstić information content (AvgIpc) is 3.28. The Morgan fingerprint density at radius 1 is 1.43 bits per heavy atom. The van der Waals surface area contributed by atoms with E-state index in [4.69, 9.17) is 9.84 Å². The van der Waals surface area contributed by atoms with E-state index >= 15 is 0 Å². The Kier molecular flexibility index (Phi) is 6.48. The second-order valence-corrected chi connectivity index (χ2v) is 7.68. The van der Waals surface area contributed by atoms with Crippen molar-refractivity contribution in [2.45, 2.75) is 26.4 Å². The van der Waals surface area contributed by atoms with Crippen molar-refractivity contribution in [2.24, 2.45) is 4.99 Å². The maximum absolute atomic E-state index is 12.7. The maximum atomic E-state index is 12.7. The Bertz CT molecular complexity index is 925. The highest BCUT2D eigenvalue weighted by atomic mass is 32.2. The highest BCUT2D eigenvalue weighted by Crippen LogP contribution is 2.34. The average molecular weight is 418 g/mol. The lowest BCUT2D eigenvalue weighted by atomic mass is 10.2. The van der Waals surface area contributed by atoms with Gasteiger partial charge >= 0.3 is 5.97 Å². The van der Waals surface area contributed by atoms with Gasteiger partial charge in [-0.25, -0.2) is 9.78 Å². The molecule has 0 spiro atoms. The first-order valence-electron chi connectivity index (χ1n) is 8.71. The molecule has 1 fully saturated rings. The quantitative estimate of drug-likeness (QED) is 0.685. The van der Waals surface area contributed by atoms with Crippen LogP contribution in [0.5, 0.6) is 5.75 Å². The number of rotatable bonds is 7. The lowest BCUT2D eigenvalue weighted by Gasteiger charge is -2.13. The van der Waals surface area contributed by atoms with Gasteiger partial charge in [0.15, 0.2) is 11.3 Å². The SMILES string of the molecule is CCC(Oc1cccc(/C=C2/S/C(=N/c3nccs3)N(CC)C2=O)c1)C(=O)O. The fourth-order valence-electron chi connectivity index (χ4n) is 2.52. The summed E-state index contributed by atoms with van der Waals surface area (Å²) in [5.41, 5.74) is 0.750. The molecule has 2 aromatic rings. The minimum atomic E-state index is -1.01. The van der Waals surface area contributed by atoms with Gasteiger partial charge in [0.2, 0.25) is 5.13 Å². The van der Waals surface area contributed by atoms with E-state index in [1.165, 1.54) is 23.1 Å². The van der Waals surface area contributed by atoms with Crippen LogP contribution in [0.2, 0.25) is 0 Å². The smallest absolute Gasteiger partial charge is 0.344 e. The fourth-order valence-corrected chi connectivity index (χ4v) is 4.13. The van der Waals surface area contributed by atoms with Crippen LogP contribution < -0.4 is 4.74 Å². The number of aliphatic carboxylic acids is 1. The Hall–Kier alpha value is -2.65. The van der Waals surface area contributed by atoms with Crippen LogP contribution in [0, 0.1) is 0 Å². The number of carboxylic acid groups (broad SMARTS) is 1. The van der Waals surface area contributed by atoms with Gasteiger partial charge in [-0.3, -0.25) is 9.69 Å². The lowest BCUT2D eigenvalue weighted by molar-refractivity contribution is -0.145. The number of hydrogen-bond donors (Lipinski definition) is 1. The van der Waals surface area contributed by atoms with Crippen LogP contribution in [-0.4, -0.2) is 44.7 Å². The van der Waals surface area contributed by atoms with Crippen LogP contribution in [0.4, 0.5) is 5.13 Å². The van der Waals surface area contributed by atoms with Gasteiger partial charge in [0.25, 0.3) is 5.91 Å². The Balaban J connectivity index is 1.84. The van der Waals surface area contributed by atoms with Crippen molar-refractivity contribution in [1.82, 2.24) is 9.88 Å². The zero-order valence-corrected chi connectivity index (χ0v) is 17.0. The minimum Gasteiger partial charge on any atom is -0.479 e. The topological polar surface area (TPSA) is 92.1 Å². The molecule has 2 heterocycles. The van der Waals surface area contributed by atoms with Crippen molar-refractivity contribution in [3.05, 3.63) is 46.3 Å². The number of thioether (sulfide) groups is 1. The largest absolute Gasteiger partial charge is 0.479 e. The third-order valence-electron chi connectivity index (χ3n) is 3.90. The fraction of sp³-hybridized carbons (Fsp3) is 0.263. The van der Waals surface area contributed by atoms with Gasteiger partial charge in [-0.05, 0) is 48.9 Å². The van der Waals surface area contributed by atoms with E-state index in [9.17, 15) is 9.59 Å². The second kappa shape index (κ2) is 9.03. The number of aromatic nitrogens is 1. The van der Waals surface area contributed by atoms with E-state index in [-0.39, 0.29) is 5.91 Å². The molecule has 1 aliphatic rings. The van der Waals surface area contributed by atoms with Gasteiger partial charge in [0.05, 0.1) is 4.91 Å². The molecular formula is C19H19N3O4S2. The van der Waals surface area contributed by atoms with Gasteiger partial charge in [-0.1, -0.05) is 19.1 Å². The first-order chi connectivity index (χ1) is 13.5. The third kappa shape index (κ3) is 4.60. The van der Waals surface area contributed by atoms with Crippen LogP contribution in [0.15, 0.2) is 45.7 Å². The molecule has 28 heavy (non-hydrogen) atoms. The molecule has 1 unspecified atom stereocenters. The molecule has 9 heteroatoms. The molecule has 7 nitrogen and oxygen atoms in total. The predicted molar refractivity (Wildman–Crippen MR) is 111 cm³/mol. The summed E-state index contributed by atoms with van der Waals surface area (Å²) in [6, 6.07) is 7.02. The number of amidine groups is 1. The summed E-state index contributed by atoms with van der Waals surface area (Å²) in [5, 5.41) is 12.2. The molecule has 0 aliphatic carbocycles. The van der Waals surface area contributed by atoms with Crippen LogP contribution in [0.3, 0.4) is 0 Å². The highest BCUT2D eigenvalue weighted by Gasteiger charge is 2.32. The standard InChI is InChI=1S/C19H19N3O4S2/c1-3-14(17(24)25)26-13-7-5-6-12(10-13)11-15-16(23)22(4-2)19(28-15)21-18-20-8-9-27-18/h5-11,14H,3-4H2,1-2H3,(H,24,25)/b15-11+,21-19+. The van der Waals surface area contributed by atoms with E-state index in [1.807, 2.05) is 18.4 Å². The molecule has 1 aromatic heterocycles. The number of ether oxygens (including phenoxy) is 1. The van der Waals surface area contributed by atoms with Gasteiger partial charge < -0.3 is 9.84 Å². The molecule has 1 saturated heterocycles. The molecule has 3 rings (SSSR count). The monoisotopic (exact) mass is 417 g/mol. The number of hydrogen-bond acceptors (Lipinski definition) is 7. The molecule has 0 saturated carbocycles. The third-order valence-corrected chi connectivity index (χ3v) is 5.57. The van der Waals surface area contributed by atoms with Crippen LogP contribution in [0.1, 0.15) is 25.8 Å². The number of nitrogens with zero attached hydrogens (tertiary/aromatic N) is 3. The summed E-state index contributed by atoms with van der Waals surface area (Å²) in [6.45, 7) is 4.15. The van der Waals surface area contributed by atoms with Crippen molar-refractivity contribution in [2.75, 3.05) is 6.54 Å². The Morgan fingerprint density at radius 2 is 2.25 bits per heavy atom. The molecular weight excluding hydrogens is 398 g/mol. The summed E-state index contributed by atoms with van der Waals surface area (Å²) in [4.78, 5) is 34.6. The molecule has 0 radical (unpaired) electrons. The van der Waals surface area contributed by atoms with Gasteiger partial charge in [0.1, 0.15) is 5.75 Å². The van der Waals surface area contributed by atoms with E-state index < -0.39 is 12.1 Å². The summed E-state index contributed by atoms with van der Waals surface area (Å²) in [5.74, 6) is -0.677. The van der Waals surface area contributed by atoms with Crippen molar-refractivity contribution in [3.8, 4) is 5.75 Å². The van der Waals surface area contributed by atoms with Crippen molar-refractivity contribution in [1.29, 1.82) is 0 Å². The summed E-state index contributed by atoms with van der Waals surface area (Å²) < 4.78 is 5.53. The normalized spacial score (nSPS) is 18.1. The van der Waals surface area contributed by atoms with Crippen molar-refractivity contribution >= 4 is 51.4 Å². The van der Waals surface area contributed by atoms with Crippen LogP contribution in [0.25, 0.3) is 6.08 Å². The van der Waals surface area contributed by atoms with Crippen molar-refractivity contribution < 1.29 is 19.4 Å². The van der Waals surface area contributed by atoms with E-state index in [0.717, 1.165) is 5.56 Å². The predicted octanol–water partition coefficient (Wildman–Crippen LogP) is 4.01. The first-order valence-corrected chi connectivity index (χ1v) is 10.4. The van der Waals surface area contributed by atoms with Gasteiger partial charge in [0, 0.05) is 18.1 Å². The summed E-state index contributed by atoms with van der Waals surface area (Å²) in [7, 11) is 0. The minimum absolute atomic E-state index is 0.119. The van der Waals surface area contributed by atoms with Crippen molar-refractivity contribution in [3.63, 3.8) is 0 Å². The molecule has 1 aromatic carbocycles. The van der Waals surface area contributed by atoms with E-state index in [2.05, 4.69) is 9.98 Å². The Labute approximate surface area is 170 Å². The summed E-state index contributed by atoms with van der Waals surface area (Å²) in [6.07, 6.45) is 2.88. The molecule has 146 valence electrons. The van der Waals surface area contributed by atoms with Gasteiger partial charge in [-0.15, -0.1) is 11.3 Å².